The first kappa shape index (κ1) is 26.1. The minimum Gasteiger partial charge on any atom is -0.497 e. The Labute approximate surface area is 195 Å². The highest BCUT2D eigenvalue weighted by Gasteiger charge is 2.23. The maximum Gasteiger partial charge on any atom is 0.261 e. The van der Waals surface area contributed by atoms with Gasteiger partial charge in [-0.2, -0.15) is 0 Å². The van der Waals surface area contributed by atoms with Gasteiger partial charge in [0.2, 0.25) is 0 Å². The van der Waals surface area contributed by atoms with Crippen LogP contribution in [-0.2, 0) is 0 Å². The normalized spacial score (nSPS) is 10.9. The fraction of sp³-hybridized carbons (Fsp3) is 0.500. The molecular formula is C26H34ClF2NO2. The fourth-order valence-electron chi connectivity index (χ4n) is 3.73. The summed E-state index contributed by atoms with van der Waals surface area (Å²) in [6, 6.07) is 8.01. The molecule has 0 radical (unpaired) electrons. The maximum absolute atomic E-state index is 14.5. The average molecular weight is 466 g/mol. The topological polar surface area (TPSA) is 29.5 Å². The summed E-state index contributed by atoms with van der Waals surface area (Å²) in [5.74, 6) is -1.32. The van der Waals surface area contributed by atoms with E-state index >= 15 is 0 Å². The Morgan fingerprint density at radius 3 is 2.09 bits per heavy atom. The van der Waals surface area contributed by atoms with E-state index in [0.717, 1.165) is 19.3 Å². The summed E-state index contributed by atoms with van der Waals surface area (Å²) < 4.78 is 33.1. The number of rotatable bonds is 14. The van der Waals surface area contributed by atoms with Crippen molar-refractivity contribution in [2.75, 3.05) is 18.6 Å². The van der Waals surface area contributed by atoms with E-state index in [1.54, 1.807) is 6.07 Å². The fourth-order valence-corrected chi connectivity index (χ4v) is 4.00. The smallest absolute Gasteiger partial charge is 0.261 e. The maximum atomic E-state index is 14.5. The molecule has 0 heterocycles. The third-order valence-electron chi connectivity index (χ3n) is 5.59. The second kappa shape index (κ2) is 14.1. The van der Waals surface area contributed by atoms with Crippen molar-refractivity contribution in [1.82, 2.24) is 0 Å². The Hall–Kier alpha value is -2.14. The largest absolute Gasteiger partial charge is 0.497 e. The third kappa shape index (κ3) is 8.09. The number of nitrogens with zero attached hydrogens (tertiary/aromatic N) is 1. The number of amides is 1. The van der Waals surface area contributed by atoms with Gasteiger partial charge < -0.3 is 9.64 Å². The second-order valence-electron chi connectivity index (χ2n) is 8.08. The molecule has 0 fully saturated rings. The Balaban J connectivity index is 1.99. The predicted octanol–water partition coefficient (Wildman–Crippen LogP) is 8.19. The number of carbonyl (C=O) groups excluding carboxylic acids is 1. The summed E-state index contributed by atoms with van der Waals surface area (Å²) in [4.78, 5) is 14.6. The summed E-state index contributed by atoms with van der Waals surface area (Å²) in [5.41, 5.74) is 0.308. The Kier molecular flexibility index (Phi) is 11.5. The number of hydrogen-bond acceptors (Lipinski definition) is 2. The van der Waals surface area contributed by atoms with Gasteiger partial charge in [0.05, 0.1) is 23.4 Å². The summed E-state index contributed by atoms with van der Waals surface area (Å²) >= 11 is 6.23. The number of unbranched alkanes of at least 4 members (excludes halogenated alkanes) is 9. The van der Waals surface area contributed by atoms with Gasteiger partial charge >= 0.3 is 0 Å². The van der Waals surface area contributed by atoms with Crippen LogP contribution >= 0.6 is 11.6 Å². The minimum absolute atomic E-state index is 0.0710. The molecule has 0 spiro atoms. The van der Waals surface area contributed by atoms with Gasteiger partial charge in [0.25, 0.3) is 5.91 Å². The molecule has 2 rings (SSSR count). The predicted molar refractivity (Wildman–Crippen MR) is 128 cm³/mol. The Morgan fingerprint density at radius 1 is 0.906 bits per heavy atom. The van der Waals surface area contributed by atoms with Gasteiger partial charge in [-0.1, -0.05) is 76.3 Å². The highest BCUT2D eigenvalue weighted by Crippen LogP contribution is 2.29. The molecule has 0 unspecified atom stereocenters. The van der Waals surface area contributed by atoms with E-state index in [1.807, 2.05) is 0 Å². The molecule has 0 aromatic heterocycles. The summed E-state index contributed by atoms with van der Waals surface area (Å²) in [5, 5.41) is 0.124. The zero-order valence-corrected chi connectivity index (χ0v) is 19.9. The van der Waals surface area contributed by atoms with E-state index in [0.29, 0.717) is 18.0 Å². The molecule has 2 aromatic rings. The molecule has 176 valence electrons. The summed E-state index contributed by atoms with van der Waals surface area (Å²) in [6.07, 6.45) is 11.7. The Morgan fingerprint density at radius 2 is 1.53 bits per heavy atom. The standard InChI is InChI=1S/C26H34ClF2NO2/c1-3-4-5-6-7-8-9-10-11-12-17-30(25-16-13-20(28)18-23(25)27)26(31)22-15-14-21(32-2)19-24(22)29/h13-16,18-19H,3-12,17H2,1-2H3. The summed E-state index contributed by atoms with van der Waals surface area (Å²) in [6.45, 7) is 2.60. The van der Waals surface area contributed by atoms with Crippen molar-refractivity contribution in [2.24, 2.45) is 0 Å². The molecule has 6 heteroatoms. The zero-order valence-electron chi connectivity index (χ0n) is 19.1. The van der Waals surface area contributed by atoms with Crippen LogP contribution in [0.5, 0.6) is 5.75 Å². The molecule has 0 aliphatic carbocycles. The SMILES string of the molecule is CCCCCCCCCCCCN(C(=O)c1ccc(OC)cc1F)c1ccc(F)cc1Cl. The molecule has 0 aliphatic heterocycles. The van der Waals surface area contributed by atoms with Gasteiger partial charge in [-0.25, -0.2) is 8.78 Å². The first-order valence-corrected chi connectivity index (χ1v) is 12.0. The Bertz CT molecular complexity index is 860. The quantitative estimate of drug-likeness (QED) is 0.263. The van der Waals surface area contributed by atoms with E-state index in [2.05, 4.69) is 6.92 Å². The lowest BCUT2D eigenvalue weighted by Gasteiger charge is -2.24. The van der Waals surface area contributed by atoms with Crippen LogP contribution in [-0.4, -0.2) is 19.6 Å². The second-order valence-corrected chi connectivity index (χ2v) is 8.49. The lowest BCUT2D eigenvalue weighted by Crippen LogP contribution is -2.33. The van der Waals surface area contributed by atoms with Crippen molar-refractivity contribution in [3.8, 4) is 5.75 Å². The van der Waals surface area contributed by atoms with Gasteiger partial charge in [0, 0.05) is 12.6 Å². The van der Waals surface area contributed by atoms with E-state index < -0.39 is 17.5 Å². The van der Waals surface area contributed by atoms with Gasteiger partial charge in [0.1, 0.15) is 17.4 Å². The van der Waals surface area contributed by atoms with Crippen molar-refractivity contribution in [3.05, 3.63) is 58.6 Å². The monoisotopic (exact) mass is 465 g/mol. The third-order valence-corrected chi connectivity index (χ3v) is 5.89. The molecule has 1 amide bonds. The first-order chi connectivity index (χ1) is 15.5. The van der Waals surface area contributed by atoms with E-state index in [-0.39, 0.29) is 10.6 Å². The molecule has 0 saturated heterocycles. The van der Waals surface area contributed by atoms with Crippen LogP contribution in [0, 0.1) is 11.6 Å². The van der Waals surface area contributed by atoms with Gasteiger partial charge in [-0.3, -0.25) is 4.79 Å². The average Bonchev–Trinajstić information content (AvgIpc) is 2.78. The van der Waals surface area contributed by atoms with Crippen LogP contribution in [0.4, 0.5) is 14.5 Å². The lowest BCUT2D eigenvalue weighted by molar-refractivity contribution is 0.0982. The molecule has 0 N–H and O–H groups in total. The van der Waals surface area contributed by atoms with E-state index in [4.69, 9.17) is 16.3 Å². The van der Waals surface area contributed by atoms with Crippen LogP contribution in [0.1, 0.15) is 81.5 Å². The van der Waals surface area contributed by atoms with E-state index in [9.17, 15) is 13.6 Å². The van der Waals surface area contributed by atoms with Crippen LogP contribution in [0.3, 0.4) is 0 Å². The number of anilines is 1. The minimum atomic E-state index is -0.666. The van der Waals surface area contributed by atoms with E-state index in [1.165, 1.54) is 87.3 Å². The molecule has 0 saturated carbocycles. The number of halogens is 3. The van der Waals surface area contributed by atoms with Gasteiger partial charge in [-0.15, -0.1) is 0 Å². The van der Waals surface area contributed by atoms with Crippen molar-refractivity contribution in [1.29, 1.82) is 0 Å². The zero-order chi connectivity index (χ0) is 23.3. The number of carbonyl (C=O) groups is 1. The van der Waals surface area contributed by atoms with Crippen molar-refractivity contribution < 1.29 is 18.3 Å². The molecule has 0 aliphatic rings. The molecule has 3 nitrogen and oxygen atoms in total. The van der Waals surface area contributed by atoms with Crippen LogP contribution in [0.25, 0.3) is 0 Å². The van der Waals surface area contributed by atoms with Crippen molar-refractivity contribution >= 4 is 23.2 Å². The van der Waals surface area contributed by atoms with Crippen molar-refractivity contribution in [2.45, 2.75) is 71.1 Å². The number of hydrogen-bond donors (Lipinski definition) is 0. The van der Waals surface area contributed by atoms with Crippen LogP contribution < -0.4 is 9.64 Å². The first-order valence-electron chi connectivity index (χ1n) is 11.6. The number of benzene rings is 2. The van der Waals surface area contributed by atoms with Crippen molar-refractivity contribution in [3.63, 3.8) is 0 Å². The molecule has 0 bridgehead atoms. The molecule has 2 aromatic carbocycles. The highest BCUT2D eigenvalue weighted by molar-refractivity contribution is 6.34. The summed E-state index contributed by atoms with van der Waals surface area (Å²) in [7, 11) is 1.44. The number of methoxy groups -OCH3 is 1. The molecule has 32 heavy (non-hydrogen) atoms. The molecule has 0 atom stereocenters. The van der Waals surface area contributed by atoms with Crippen LogP contribution in [0.15, 0.2) is 36.4 Å². The van der Waals surface area contributed by atoms with Gasteiger partial charge in [0.15, 0.2) is 0 Å². The highest BCUT2D eigenvalue weighted by atomic mass is 35.5. The lowest BCUT2D eigenvalue weighted by atomic mass is 10.1. The van der Waals surface area contributed by atoms with Gasteiger partial charge in [-0.05, 0) is 36.8 Å². The number of ether oxygens (including phenoxy) is 1. The van der Waals surface area contributed by atoms with Crippen LogP contribution in [0.2, 0.25) is 5.02 Å². The molecular weight excluding hydrogens is 432 g/mol.